The minimum atomic E-state index is -4.62. The van der Waals surface area contributed by atoms with Gasteiger partial charge in [0.2, 0.25) is 0 Å². The summed E-state index contributed by atoms with van der Waals surface area (Å²) in [7, 11) is 0. The van der Waals surface area contributed by atoms with Crippen LogP contribution in [0.3, 0.4) is 0 Å². The van der Waals surface area contributed by atoms with Crippen LogP contribution in [0.1, 0.15) is 5.56 Å². The van der Waals surface area contributed by atoms with Crippen molar-refractivity contribution in [3.63, 3.8) is 0 Å². The molecule has 0 fully saturated rings. The summed E-state index contributed by atoms with van der Waals surface area (Å²) in [4.78, 5) is 17.0. The van der Waals surface area contributed by atoms with Crippen molar-refractivity contribution < 1.29 is 18.0 Å². The van der Waals surface area contributed by atoms with Gasteiger partial charge in [-0.1, -0.05) is 54.1 Å². The number of carbonyl (C=O) groups excluding carboxylic acids is 1. The van der Waals surface area contributed by atoms with Gasteiger partial charge in [-0.3, -0.25) is 0 Å². The van der Waals surface area contributed by atoms with Crippen molar-refractivity contribution in [1.29, 1.82) is 0 Å². The van der Waals surface area contributed by atoms with Crippen LogP contribution in [0, 0.1) is 0 Å². The Balaban J connectivity index is 1.48. The van der Waals surface area contributed by atoms with Crippen LogP contribution in [0.4, 0.5) is 29.3 Å². The van der Waals surface area contributed by atoms with Gasteiger partial charge in [0, 0.05) is 27.9 Å². The van der Waals surface area contributed by atoms with Gasteiger partial charge in [0.05, 0.1) is 16.3 Å². The quantitative estimate of drug-likeness (QED) is 0.318. The molecule has 1 heterocycles. The maximum absolute atomic E-state index is 13.0. The van der Waals surface area contributed by atoms with Gasteiger partial charge in [0.15, 0.2) is 0 Å². The van der Waals surface area contributed by atoms with Crippen molar-refractivity contribution in [2.75, 3.05) is 10.6 Å². The molecule has 1 aromatic heterocycles. The predicted molar refractivity (Wildman–Crippen MR) is 122 cm³/mol. The highest BCUT2D eigenvalue weighted by Crippen LogP contribution is 2.36. The SMILES string of the molecule is O=C(Nc1cccc(-c2csc(-c3ccccc3)n2)c1)Nc1ccc(Cl)c(C(F)(F)F)c1. The van der Waals surface area contributed by atoms with Gasteiger partial charge in [-0.2, -0.15) is 13.2 Å². The molecule has 0 aliphatic rings. The van der Waals surface area contributed by atoms with Crippen molar-refractivity contribution in [2.45, 2.75) is 6.18 Å². The van der Waals surface area contributed by atoms with Crippen molar-refractivity contribution in [3.8, 4) is 21.8 Å². The molecule has 0 aliphatic heterocycles. The summed E-state index contributed by atoms with van der Waals surface area (Å²) in [6.45, 7) is 0. The summed E-state index contributed by atoms with van der Waals surface area (Å²) in [5, 5.41) is 7.38. The lowest BCUT2D eigenvalue weighted by Gasteiger charge is -2.12. The molecule has 4 rings (SSSR count). The lowest BCUT2D eigenvalue weighted by Crippen LogP contribution is -2.20. The van der Waals surface area contributed by atoms with E-state index in [9.17, 15) is 18.0 Å². The second-order valence-corrected chi connectivity index (χ2v) is 8.02. The standard InChI is InChI=1S/C23H15ClF3N3OS/c24-19-10-9-17(12-18(19)23(25,26)27)29-22(31)28-16-8-4-7-15(11-16)20-13-32-21(30-20)14-5-2-1-3-6-14/h1-13H,(H2,28,29,31). The van der Waals surface area contributed by atoms with Crippen LogP contribution in [0.25, 0.3) is 21.8 Å². The number of nitrogens with one attached hydrogen (secondary N) is 2. The molecule has 0 radical (unpaired) electrons. The van der Waals surface area contributed by atoms with Crippen LogP contribution < -0.4 is 10.6 Å². The summed E-state index contributed by atoms with van der Waals surface area (Å²) >= 11 is 7.12. The number of benzene rings is 3. The Kier molecular flexibility index (Phi) is 6.16. The molecule has 0 unspecified atom stereocenters. The normalized spacial score (nSPS) is 11.2. The van der Waals surface area contributed by atoms with E-state index in [0.717, 1.165) is 34.0 Å². The number of thiazole rings is 1. The number of carbonyl (C=O) groups is 1. The first-order valence-corrected chi connectivity index (χ1v) is 10.6. The molecule has 0 aliphatic carbocycles. The number of urea groups is 1. The molecule has 0 atom stereocenters. The molecule has 162 valence electrons. The Hall–Kier alpha value is -3.36. The molecule has 9 heteroatoms. The molecule has 0 saturated heterocycles. The third-order valence-electron chi connectivity index (χ3n) is 4.47. The van der Waals surface area contributed by atoms with E-state index in [1.165, 1.54) is 17.4 Å². The fourth-order valence-corrected chi connectivity index (χ4v) is 4.05. The molecule has 4 nitrogen and oxygen atoms in total. The number of hydrogen-bond acceptors (Lipinski definition) is 3. The highest BCUT2D eigenvalue weighted by molar-refractivity contribution is 7.13. The topological polar surface area (TPSA) is 54.0 Å². The summed E-state index contributed by atoms with van der Waals surface area (Å²) in [6, 6.07) is 19.3. The Morgan fingerprint density at radius 3 is 2.28 bits per heavy atom. The summed E-state index contributed by atoms with van der Waals surface area (Å²) in [6.07, 6.45) is -4.62. The second kappa shape index (κ2) is 9.02. The van der Waals surface area contributed by atoms with Gasteiger partial charge in [-0.15, -0.1) is 11.3 Å². The first-order valence-electron chi connectivity index (χ1n) is 9.36. The van der Waals surface area contributed by atoms with Crippen LogP contribution in [0.15, 0.2) is 78.2 Å². The van der Waals surface area contributed by atoms with E-state index in [1.807, 2.05) is 41.8 Å². The largest absolute Gasteiger partial charge is 0.417 e. The third-order valence-corrected chi connectivity index (χ3v) is 5.69. The minimum Gasteiger partial charge on any atom is -0.308 e. The van der Waals surface area contributed by atoms with E-state index in [4.69, 9.17) is 11.6 Å². The van der Waals surface area contributed by atoms with Crippen molar-refractivity contribution in [3.05, 3.63) is 88.8 Å². The zero-order valence-corrected chi connectivity index (χ0v) is 17.9. The number of hydrogen-bond donors (Lipinski definition) is 2. The number of anilines is 2. The molecule has 32 heavy (non-hydrogen) atoms. The Bertz CT molecular complexity index is 1260. The molecule has 0 bridgehead atoms. The molecule has 2 amide bonds. The molecule has 0 spiro atoms. The molecular formula is C23H15ClF3N3OS. The highest BCUT2D eigenvalue weighted by atomic mass is 35.5. The lowest BCUT2D eigenvalue weighted by molar-refractivity contribution is -0.137. The first-order chi connectivity index (χ1) is 15.3. The first kappa shape index (κ1) is 21.9. The van der Waals surface area contributed by atoms with Gasteiger partial charge in [0.25, 0.3) is 0 Å². The molecule has 4 aromatic rings. The van der Waals surface area contributed by atoms with E-state index in [2.05, 4.69) is 15.6 Å². The predicted octanol–water partition coefficient (Wildman–Crippen LogP) is 7.79. The summed E-state index contributed by atoms with van der Waals surface area (Å²) in [5.74, 6) is 0. The average Bonchev–Trinajstić information content (AvgIpc) is 3.25. The summed E-state index contributed by atoms with van der Waals surface area (Å²) in [5.41, 5.74) is 1.99. The Labute approximate surface area is 190 Å². The number of rotatable bonds is 4. The number of nitrogens with zero attached hydrogens (tertiary/aromatic N) is 1. The number of amides is 2. The number of alkyl halides is 3. The molecule has 0 saturated carbocycles. The second-order valence-electron chi connectivity index (χ2n) is 6.76. The monoisotopic (exact) mass is 473 g/mol. The fraction of sp³-hybridized carbons (Fsp3) is 0.0435. The maximum Gasteiger partial charge on any atom is 0.417 e. The van der Waals surface area contributed by atoms with Gasteiger partial charge in [-0.25, -0.2) is 9.78 Å². The third kappa shape index (κ3) is 5.09. The molecule has 2 N–H and O–H groups in total. The van der Waals surface area contributed by atoms with Crippen molar-refractivity contribution >= 4 is 40.3 Å². The van der Waals surface area contributed by atoms with Crippen LogP contribution in [0.2, 0.25) is 5.02 Å². The molecule has 3 aromatic carbocycles. The van der Waals surface area contributed by atoms with Crippen LogP contribution in [-0.2, 0) is 6.18 Å². The Morgan fingerprint density at radius 1 is 0.875 bits per heavy atom. The van der Waals surface area contributed by atoms with E-state index in [1.54, 1.807) is 18.2 Å². The minimum absolute atomic E-state index is 0.0256. The smallest absolute Gasteiger partial charge is 0.308 e. The lowest BCUT2D eigenvalue weighted by atomic mass is 10.1. The van der Waals surface area contributed by atoms with Gasteiger partial charge in [0.1, 0.15) is 5.01 Å². The van der Waals surface area contributed by atoms with Crippen LogP contribution in [-0.4, -0.2) is 11.0 Å². The Morgan fingerprint density at radius 2 is 1.56 bits per heavy atom. The maximum atomic E-state index is 13.0. The van der Waals surface area contributed by atoms with E-state index in [-0.39, 0.29) is 5.69 Å². The average molecular weight is 474 g/mol. The van der Waals surface area contributed by atoms with Crippen molar-refractivity contribution in [2.24, 2.45) is 0 Å². The summed E-state index contributed by atoms with van der Waals surface area (Å²) < 4.78 is 39.0. The van der Waals surface area contributed by atoms with Crippen LogP contribution >= 0.6 is 22.9 Å². The van der Waals surface area contributed by atoms with E-state index < -0.39 is 22.8 Å². The van der Waals surface area contributed by atoms with Gasteiger partial charge in [-0.05, 0) is 30.3 Å². The van der Waals surface area contributed by atoms with Crippen LogP contribution in [0.5, 0.6) is 0 Å². The number of halogens is 4. The fourth-order valence-electron chi connectivity index (χ4n) is 2.99. The zero-order valence-electron chi connectivity index (χ0n) is 16.3. The van der Waals surface area contributed by atoms with E-state index in [0.29, 0.717) is 5.69 Å². The zero-order chi connectivity index (χ0) is 22.7. The number of aromatic nitrogens is 1. The van der Waals surface area contributed by atoms with Gasteiger partial charge >= 0.3 is 12.2 Å². The van der Waals surface area contributed by atoms with Gasteiger partial charge < -0.3 is 10.6 Å². The van der Waals surface area contributed by atoms with E-state index >= 15 is 0 Å². The van der Waals surface area contributed by atoms with Crippen molar-refractivity contribution in [1.82, 2.24) is 4.98 Å². The highest BCUT2D eigenvalue weighted by Gasteiger charge is 2.33. The molecular weight excluding hydrogens is 459 g/mol.